The summed E-state index contributed by atoms with van der Waals surface area (Å²) in [6.45, 7) is 1.92. The van der Waals surface area contributed by atoms with E-state index in [1.54, 1.807) is 43.3 Å². The van der Waals surface area contributed by atoms with Gasteiger partial charge in [0.2, 0.25) is 0 Å². The molecule has 7 heteroatoms. The standard InChI is InChI=1S/C20H22FN3O3/c1-13(12-27-18-5-3-2-4-17(18)21)22-19(25)14-6-8-15(9-7-14)23-20(26)24-16-10-11-16/h2-9,13,16H,10-12H2,1H3,(H,22,25)(H2,23,24,26). The van der Waals surface area contributed by atoms with Gasteiger partial charge in [-0.3, -0.25) is 4.79 Å². The van der Waals surface area contributed by atoms with Gasteiger partial charge in [0, 0.05) is 17.3 Å². The van der Waals surface area contributed by atoms with Gasteiger partial charge in [-0.1, -0.05) is 12.1 Å². The Balaban J connectivity index is 1.46. The van der Waals surface area contributed by atoms with Crippen molar-refractivity contribution in [1.82, 2.24) is 10.6 Å². The van der Waals surface area contributed by atoms with Gasteiger partial charge < -0.3 is 20.7 Å². The second-order valence-electron chi connectivity index (χ2n) is 6.57. The molecule has 2 aromatic carbocycles. The van der Waals surface area contributed by atoms with E-state index in [0.29, 0.717) is 11.3 Å². The quantitative estimate of drug-likeness (QED) is 0.699. The SMILES string of the molecule is CC(COc1ccccc1F)NC(=O)c1ccc(NC(=O)NC2CC2)cc1. The Bertz CT molecular complexity index is 806. The van der Waals surface area contributed by atoms with Crippen LogP contribution >= 0.6 is 0 Å². The summed E-state index contributed by atoms with van der Waals surface area (Å²) in [5, 5.41) is 8.35. The first kappa shape index (κ1) is 18.7. The summed E-state index contributed by atoms with van der Waals surface area (Å²) in [5.74, 6) is -0.558. The molecule has 3 rings (SSSR count). The molecule has 1 unspecified atom stereocenters. The predicted octanol–water partition coefficient (Wildman–Crippen LogP) is 3.31. The number of halogens is 1. The number of nitrogens with one attached hydrogen (secondary N) is 3. The molecule has 0 aromatic heterocycles. The summed E-state index contributed by atoms with van der Waals surface area (Å²) in [6.07, 6.45) is 2.04. The highest BCUT2D eigenvalue weighted by atomic mass is 19.1. The minimum Gasteiger partial charge on any atom is -0.488 e. The van der Waals surface area contributed by atoms with Crippen LogP contribution in [0.3, 0.4) is 0 Å². The van der Waals surface area contributed by atoms with Crippen molar-refractivity contribution in [1.29, 1.82) is 0 Å². The number of benzene rings is 2. The fourth-order valence-electron chi connectivity index (χ4n) is 2.41. The number of hydrogen-bond donors (Lipinski definition) is 3. The van der Waals surface area contributed by atoms with Gasteiger partial charge in [-0.05, 0) is 56.2 Å². The van der Waals surface area contributed by atoms with Crippen LogP contribution in [-0.4, -0.2) is 30.6 Å². The molecule has 0 saturated heterocycles. The molecule has 0 radical (unpaired) electrons. The van der Waals surface area contributed by atoms with Crippen molar-refractivity contribution in [2.45, 2.75) is 31.8 Å². The number of carbonyl (C=O) groups excluding carboxylic acids is 2. The zero-order chi connectivity index (χ0) is 19.2. The number of ether oxygens (including phenoxy) is 1. The molecule has 1 aliphatic rings. The maximum Gasteiger partial charge on any atom is 0.319 e. The second kappa shape index (κ2) is 8.53. The number of rotatable bonds is 7. The highest BCUT2D eigenvalue weighted by molar-refractivity contribution is 5.95. The zero-order valence-corrected chi connectivity index (χ0v) is 15.0. The fourth-order valence-corrected chi connectivity index (χ4v) is 2.41. The topological polar surface area (TPSA) is 79.5 Å². The van der Waals surface area contributed by atoms with Crippen LogP contribution in [-0.2, 0) is 0 Å². The van der Waals surface area contributed by atoms with Gasteiger partial charge in [-0.25, -0.2) is 9.18 Å². The van der Waals surface area contributed by atoms with Crippen LogP contribution in [0.15, 0.2) is 48.5 Å². The zero-order valence-electron chi connectivity index (χ0n) is 15.0. The Morgan fingerprint density at radius 2 is 1.85 bits per heavy atom. The molecule has 1 saturated carbocycles. The van der Waals surface area contributed by atoms with Crippen LogP contribution in [0.5, 0.6) is 5.75 Å². The molecule has 0 bridgehead atoms. The molecular weight excluding hydrogens is 349 g/mol. The summed E-state index contributed by atoms with van der Waals surface area (Å²) in [5.41, 5.74) is 1.07. The van der Waals surface area contributed by atoms with Gasteiger partial charge in [0.15, 0.2) is 11.6 Å². The van der Waals surface area contributed by atoms with E-state index in [1.165, 1.54) is 12.1 Å². The van der Waals surface area contributed by atoms with Crippen LogP contribution in [0.25, 0.3) is 0 Å². The van der Waals surface area contributed by atoms with E-state index in [1.807, 2.05) is 0 Å². The van der Waals surface area contributed by atoms with Gasteiger partial charge in [-0.2, -0.15) is 0 Å². The predicted molar refractivity (Wildman–Crippen MR) is 100 cm³/mol. The molecule has 3 N–H and O–H groups in total. The third kappa shape index (κ3) is 5.70. The number of hydrogen-bond acceptors (Lipinski definition) is 3. The summed E-state index contributed by atoms with van der Waals surface area (Å²) in [4.78, 5) is 24.0. The molecule has 1 fully saturated rings. The van der Waals surface area contributed by atoms with E-state index in [0.717, 1.165) is 12.8 Å². The summed E-state index contributed by atoms with van der Waals surface area (Å²) >= 11 is 0. The summed E-state index contributed by atoms with van der Waals surface area (Å²) in [7, 11) is 0. The molecule has 142 valence electrons. The Morgan fingerprint density at radius 3 is 2.52 bits per heavy atom. The van der Waals surface area contributed by atoms with Crippen molar-refractivity contribution in [3.63, 3.8) is 0 Å². The molecule has 1 atom stereocenters. The number of anilines is 1. The van der Waals surface area contributed by atoms with Crippen molar-refractivity contribution in [2.24, 2.45) is 0 Å². The van der Waals surface area contributed by atoms with Crippen molar-refractivity contribution in [3.05, 3.63) is 59.9 Å². The first-order chi connectivity index (χ1) is 13.0. The maximum absolute atomic E-state index is 13.5. The van der Waals surface area contributed by atoms with Gasteiger partial charge in [-0.15, -0.1) is 0 Å². The number of urea groups is 1. The van der Waals surface area contributed by atoms with Crippen molar-refractivity contribution in [3.8, 4) is 5.75 Å². The van der Waals surface area contributed by atoms with Crippen LogP contribution in [0.2, 0.25) is 0 Å². The number of para-hydroxylation sites is 1. The average Bonchev–Trinajstić information content (AvgIpc) is 3.45. The number of amides is 3. The van der Waals surface area contributed by atoms with Crippen LogP contribution in [0.1, 0.15) is 30.1 Å². The Hall–Kier alpha value is -3.09. The first-order valence-corrected chi connectivity index (χ1v) is 8.87. The lowest BCUT2D eigenvalue weighted by Crippen LogP contribution is -2.36. The lowest BCUT2D eigenvalue weighted by atomic mass is 10.2. The van der Waals surface area contributed by atoms with Crippen LogP contribution < -0.4 is 20.7 Å². The Morgan fingerprint density at radius 1 is 1.15 bits per heavy atom. The summed E-state index contributed by atoms with van der Waals surface area (Å²) < 4.78 is 18.9. The fraction of sp³-hybridized carbons (Fsp3) is 0.300. The van der Waals surface area contributed by atoms with Gasteiger partial charge in [0.1, 0.15) is 6.61 Å². The average molecular weight is 371 g/mol. The molecule has 1 aliphatic carbocycles. The molecule has 27 heavy (non-hydrogen) atoms. The van der Waals surface area contributed by atoms with Crippen molar-refractivity contribution < 1.29 is 18.7 Å². The van der Waals surface area contributed by atoms with E-state index >= 15 is 0 Å². The van der Waals surface area contributed by atoms with E-state index in [-0.39, 0.29) is 36.4 Å². The van der Waals surface area contributed by atoms with Gasteiger partial charge in [0.25, 0.3) is 5.91 Å². The van der Waals surface area contributed by atoms with E-state index in [2.05, 4.69) is 16.0 Å². The van der Waals surface area contributed by atoms with Crippen LogP contribution in [0.4, 0.5) is 14.9 Å². The third-order valence-corrected chi connectivity index (χ3v) is 4.02. The minimum atomic E-state index is -0.440. The number of carbonyl (C=O) groups is 2. The molecule has 6 nitrogen and oxygen atoms in total. The maximum atomic E-state index is 13.5. The normalized spacial score (nSPS) is 14.1. The molecule has 0 spiro atoms. The highest BCUT2D eigenvalue weighted by Crippen LogP contribution is 2.19. The molecule has 3 amide bonds. The molecule has 0 heterocycles. The lowest BCUT2D eigenvalue weighted by molar-refractivity contribution is 0.0926. The van der Waals surface area contributed by atoms with Crippen molar-refractivity contribution >= 4 is 17.6 Å². The minimum absolute atomic E-state index is 0.146. The first-order valence-electron chi connectivity index (χ1n) is 8.87. The third-order valence-electron chi connectivity index (χ3n) is 4.02. The van der Waals surface area contributed by atoms with Crippen LogP contribution in [0, 0.1) is 5.82 Å². The molecular formula is C20H22FN3O3. The Labute approximate surface area is 157 Å². The summed E-state index contributed by atoms with van der Waals surface area (Å²) in [6, 6.07) is 12.5. The Kier molecular flexibility index (Phi) is 5.90. The van der Waals surface area contributed by atoms with E-state index in [9.17, 15) is 14.0 Å². The monoisotopic (exact) mass is 371 g/mol. The van der Waals surface area contributed by atoms with Crippen molar-refractivity contribution in [2.75, 3.05) is 11.9 Å². The molecule has 0 aliphatic heterocycles. The second-order valence-corrected chi connectivity index (χ2v) is 6.57. The lowest BCUT2D eigenvalue weighted by Gasteiger charge is -2.15. The van der Waals surface area contributed by atoms with Gasteiger partial charge >= 0.3 is 6.03 Å². The van der Waals surface area contributed by atoms with Gasteiger partial charge in [0.05, 0.1) is 6.04 Å². The smallest absolute Gasteiger partial charge is 0.319 e. The van der Waals surface area contributed by atoms with E-state index < -0.39 is 5.82 Å². The molecule has 2 aromatic rings. The highest BCUT2D eigenvalue weighted by Gasteiger charge is 2.23. The van der Waals surface area contributed by atoms with E-state index in [4.69, 9.17) is 4.74 Å². The largest absolute Gasteiger partial charge is 0.488 e.